The van der Waals surface area contributed by atoms with Crippen LogP contribution in [0, 0.1) is 0 Å². The molecule has 2 nitrogen and oxygen atoms in total. The van der Waals surface area contributed by atoms with Gasteiger partial charge >= 0.3 is 0 Å². The van der Waals surface area contributed by atoms with Gasteiger partial charge in [-0.2, -0.15) is 0 Å². The summed E-state index contributed by atoms with van der Waals surface area (Å²) in [4.78, 5) is 4.97. The molecule has 0 fully saturated rings. The Morgan fingerprint density at radius 1 is 0.630 bits per heavy atom. The third kappa shape index (κ3) is 2.72. The standard InChI is InChI=1S/C25H18N2/c26-20-11-6-10-19(15-20)24-16-22(17-7-2-1-3-8-17)25-21-12-5-4-9-18(21)13-14-23(25)27-24/h1-16H,26H2. The molecule has 0 saturated carbocycles. The van der Waals surface area contributed by atoms with Crippen LogP contribution in [0.5, 0.6) is 0 Å². The van der Waals surface area contributed by atoms with E-state index < -0.39 is 0 Å². The van der Waals surface area contributed by atoms with Gasteiger partial charge in [-0.25, -0.2) is 4.98 Å². The van der Waals surface area contributed by atoms with Gasteiger partial charge in [0.15, 0.2) is 0 Å². The Kier molecular flexibility index (Phi) is 3.61. The Labute approximate surface area is 157 Å². The number of nitrogens with two attached hydrogens (primary N) is 1. The van der Waals surface area contributed by atoms with Gasteiger partial charge < -0.3 is 5.73 Å². The summed E-state index contributed by atoms with van der Waals surface area (Å²) in [7, 11) is 0. The Morgan fingerprint density at radius 2 is 1.41 bits per heavy atom. The van der Waals surface area contributed by atoms with E-state index in [0.29, 0.717) is 0 Å². The number of hydrogen-bond donors (Lipinski definition) is 1. The zero-order chi connectivity index (χ0) is 18.2. The molecule has 1 heterocycles. The van der Waals surface area contributed by atoms with Crippen molar-refractivity contribution in [3.63, 3.8) is 0 Å². The minimum absolute atomic E-state index is 0.745. The maximum absolute atomic E-state index is 6.00. The smallest absolute Gasteiger partial charge is 0.0722 e. The Bertz CT molecular complexity index is 1270. The number of hydrogen-bond acceptors (Lipinski definition) is 2. The number of pyridine rings is 1. The van der Waals surface area contributed by atoms with Crippen LogP contribution < -0.4 is 5.73 Å². The zero-order valence-corrected chi connectivity index (χ0v) is 14.8. The number of anilines is 1. The van der Waals surface area contributed by atoms with Crippen molar-refractivity contribution in [2.75, 3.05) is 5.73 Å². The van der Waals surface area contributed by atoms with E-state index in [2.05, 4.69) is 72.8 Å². The third-order valence-corrected chi connectivity index (χ3v) is 4.97. The first-order valence-electron chi connectivity index (χ1n) is 9.03. The lowest BCUT2D eigenvalue weighted by Crippen LogP contribution is -1.92. The lowest BCUT2D eigenvalue weighted by molar-refractivity contribution is 1.40. The van der Waals surface area contributed by atoms with Gasteiger partial charge in [-0.05, 0) is 46.2 Å². The second-order valence-corrected chi connectivity index (χ2v) is 6.73. The fourth-order valence-electron chi connectivity index (χ4n) is 3.70. The minimum atomic E-state index is 0.745. The van der Waals surface area contributed by atoms with Crippen LogP contribution in [0.25, 0.3) is 44.1 Å². The molecule has 2 heteroatoms. The largest absolute Gasteiger partial charge is 0.399 e. The van der Waals surface area contributed by atoms with E-state index in [1.165, 1.54) is 27.3 Å². The van der Waals surface area contributed by atoms with Crippen molar-refractivity contribution in [2.24, 2.45) is 0 Å². The lowest BCUT2D eigenvalue weighted by atomic mass is 9.94. The van der Waals surface area contributed by atoms with Crippen LogP contribution in [0.15, 0.2) is 97.1 Å². The second kappa shape index (κ2) is 6.26. The molecule has 128 valence electrons. The molecule has 27 heavy (non-hydrogen) atoms. The zero-order valence-electron chi connectivity index (χ0n) is 14.8. The molecule has 0 saturated heterocycles. The number of benzene rings is 4. The van der Waals surface area contributed by atoms with E-state index in [1.54, 1.807) is 0 Å². The first-order chi connectivity index (χ1) is 13.3. The topological polar surface area (TPSA) is 38.9 Å². The molecular formula is C25H18N2. The van der Waals surface area contributed by atoms with Crippen molar-refractivity contribution >= 4 is 27.4 Å². The summed E-state index contributed by atoms with van der Waals surface area (Å²) in [5.74, 6) is 0. The van der Waals surface area contributed by atoms with Crippen LogP contribution in [0.3, 0.4) is 0 Å². The molecule has 0 atom stereocenters. The van der Waals surface area contributed by atoms with Gasteiger partial charge in [0.1, 0.15) is 0 Å². The number of fused-ring (bicyclic) bond motifs is 3. The molecule has 0 amide bonds. The SMILES string of the molecule is Nc1cccc(-c2cc(-c3ccccc3)c3c(ccc4ccccc43)n2)c1. The maximum atomic E-state index is 6.00. The number of rotatable bonds is 2. The van der Waals surface area contributed by atoms with Crippen LogP contribution in [0.2, 0.25) is 0 Å². The average molecular weight is 346 g/mol. The Balaban J connectivity index is 1.90. The molecule has 0 bridgehead atoms. The number of aromatic nitrogens is 1. The highest BCUT2D eigenvalue weighted by atomic mass is 14.7. The van der Waals surface area contributed by atoms with Crippen molar-refractivity contribution in [3.8, 4) is 22.4 Å². The highest BCUT2D eigenvalue weighted by Crippen LogP contribution is 2.36. The van der Waals surface area contributed by atoms with Gasteiger partial charge in [-0.3, -0.25) is 0 Å². The summed E-state index contributed by atoms with van der Waals surface area (Å²) in [5.41, 5.74) is 12.1. The van der Waals surface area contributed by atoms with Crippen molar-refractivity contribution in [1.29, 1.82) is 0 Å². The van der Waals surface area contributed by atoms with Crippen LogP contribution >= 0.6 is 0 Å². The summed E-state index contributed by atoms with van der Waals surface area (Å²) in [6, 6.07) is 33.3. The first-order valence-corrected chi connectivity index (χ1v) is 9.03. The van der Waals surface area contributed by atoms with Gasteiger partial charge in [0, 0.05) is 16.6 Å². The monoisotopic (exact) mass is 346 g/mol. The van der Waals surface area contributed by atoms with Gasteiger partial charge in [-0.15, -0.1) is 0 Å². The van der Waals surface area contributed by atoms with E-state index in [1.807, 2.05) is 24.3 Å². The molecule has 0 spiro atoms. The predicted octanol–water partition coefficient (Wildman–Crippen LogP) is 6.30. The van der Waals surface area contributed by atoms with Gasteiger partial charge in [0.25, 0.3) is 0 Å². The fraction of sp³-hybridized carbons (Fsp3) is 0. The molecule has 0 unspecified atom stereocenters. The van der Waals surface area contributed by atoms with E-state index in [9.17, 15) is 0 Å². The normalized spacial score (nSPS) is 11.1. The van der Waals surface area contributed by atoms with E-state index in [0.717, 1.165) is 22.5 Å². The number of nitrogen functional groups attached to an aromatic ring is 1. The molecule has 2 N–H and O–H groups in total. The summed E-state index contributed by atoms with van der Waals surface area (Å²) in [6.45, 7) is 0. The molecule has 4 aromatic carbocycles. The van der Waals surface area contributed by atoms with Gasteiger partial charge in [0.2, 0.25) is 0 Å². The molecular weight excluding hydrogens is 328 g/mol. The van der Waals surface area contributed by atoms with Crippen LogP contribution in [-0.2, 0) is 0 Å². The molecule has 0 radical (unpaired) electrons. The third-order valence-electron chi connectivity index (χ3n) is 4.97. The molecule has 1 aromatic heterocycles. The Morgan fingerprint density at radius 3 is 2.26 bits per heavy atom. The van der Waals surface area contributed by atoms with Crippen molar-refractivity contribution < 1.29 is 0 Å². The lowest BCUT2D eigenvalue weighted by Gasteiger charge is -2.13. The van der Waals surface area contributed by atoms with Crippen molar-refractivity contribution in [3.05, 3.63) is 97.1 Å². The summed E-state index contributed by atoms with van der Waals surface area (Å²) < 4.78 is 0. The summed E-state index contributed by atoms with van der Waals surface area (Å²) in [5, 5.41) is 3.63. The molecule has 0 aliphatic rings. The van der Waals surface area contributed by atoms with E-state index in [-0.39, 0.29) is 0 Å². The second-order valence-electron chi connectivity index (χ2n) is 6.73. The first kappa shape index (κ1) is 15.6. The van der Waals surface area contributed by atoms with Crippen molar-refractivity contribution in [2.45, 2.75) is 0 Å². The highest BCUT2D eigenvalue weighted by molar-refractivity contribution is 6.13. The predicted molar refractivity (Wildman–Crippen MR) is 115 cm³/mol. The van der Waals surface area contributed by atoms with Crippen LogP contribution in [0.4, 0.5) is 5.69 Å². The van der Waals surface area contributed by atoms with Gasteiger partial charge in [0.05, 0.1) is 11.2 Å². The number of nitrogens with zero attached hydrogens (tertiary/aromatic N) is 1. The van der Waals surface area contributed by atoms with Gasteiger partial charge in [-0.1, -0.05) is 72.8 Å². The minimum Gasteiger partial charge on any atom is -0.399 e. The highest BCUT2D eigenvalue weighted by Gasteiger charge is 2.12. The van der Waals surface area contributed by atoms with Crippen LogP contribution in [0.1, 0.15) is 0 Å². The summed E-state index contributed by atoms with van der Waals surface area (Å²) in [6.07, 6.45) is 0. The molecule has 5 aromatic rings. The molecule has 5 rings (SSSR count). The van der Waals surface area contributed by atoms with E-state index >= 15 is 0 Å². The van der Waals surface area contributed by atoms with Crippen LogP contribution in [-0.4, -0.2) is 4.98 Å². The van der Waals surface area contributed by atoms with E-state index in [4.69, 9.17) is 10.7 Å². The fourth-order valence-corrected chi connectivity index (χ4v) is 3.70. The quantitative estimate of drug-likeness (QED) is 0.301. The average Bonchev–Trinajstić information content (AvgIpc) is 2.73. The maximum Gasteiger partial charge on any atom is 0.0722 e. The Hall–Kier alpha value is -3.65. The molecule has 0 aliphatic carbocycles. The van der Waals surface area contributed by atoms with Crippen molar-refractivity contribution in [1.82, 2.24) is 4.98 Å². The summed E-state index contributed by atoms with van der Waals surface area (Å²) >= 11 is 0. The molecule has 0 aliphatic heterocycles.